The quantitative estimate of drug-likeness (QED) is 0.374. The topological polar surface area (TPSA) is 55.8 Å². The molecule has 1 aliphatic rings. The fraction of sp³-hybridized carbons (Fsp3) is 0.300. The molecule has 4 nitrogen and oxygen atoms in total. The van der Waals surface area contributed by atoms with Crippen LogP contribution in [0.2, 0.25) is 0 Å². The van der Waals surface area contributed by atoms with Crippen molar-refractivity contribution in [3.8, 4) is 5.75 Å². The predicted molar refractivity (Wildman–Crippen MR) is 135 cm³/mol. The highest BCUT2D eigenvalue weighted by Gasteiger charge is 2.18. The number of ether oxygens (including phenoxy) is 2. The minimum absolute atomic E-state index is 0.347. The smallest absolute Gasteiger partial charge is 0.333 e. The van der Waals surface area contributed by atoms with Crippen molar-refractivity contribution in [3.05, 3.63) is 107 Å². The van der Waals surface area contributed by atoms with Gasteiger partial charge in [0.25, 0.3) is 0 Å². The summed E-state index contributed by atoms with van der Waals surface area (Å²) in [6.45, 7) is 2.81. The number of rotatable bonds is 10. The van der Waals surface area contributed by atoms with Gasteiger partial charge in [0, 0.05) is 13.0 Å². The average Bonchev–Trinajstić information content (AvgIpc) is 3.01. The zero-order valence-corrected chi connectivity index (χ0v) is 19.7. The van der Waals surface area contributed by atoms with Crippen LogP contribution in [-0.4, -0.2) is 30.4 Å². The Labute approximate surface area is 201 Å². The van der Waals surface area contributed by atoms with Crippen molar-refractivity contribution in [1.29, 1.82) is 0 Å². The van der Waals surface area contributed by atoms with Crippen molar-refractivity contribution in [2.45, 2.75) is 45.1 Å². The lowest BCUT2D eigenvalue weighted by Gasteiger charge is -2.13. The summed E-state index contributed by atoms with van der Waals surface area (Å²) in [5, 5.41) is 9.25. The minimum Gasteiger partial charge on any atom is -0.494 e. The first-order valence-electron chi connectivity index (χ1n) is 12.1. The molecule has 0 heterocycles. The maximum absolute atomic E-state index is 11.3. The molecule has 0 saturated heterocycles. The minimum atomic E-state index is -0.935. The van der Waals surface area contributed by atoms with Crippen molar-refractivity contribution in [2.75, 3.05) is 13.2 Å². The number of aliphatic carboxylic acids is 1. The third kappa shape index (κ3) is 5.95. The van der Waals surface area contributed by atoms with E-state index in [1.165, 1.54) is 27.8 Å². The fourth-order valence-electron chi connectivity index (χ4n) is 4.51. The Hall–Kier alpha value is -3.37. The summed E-state index contributed by atoms with van der Waals surface area (Å²) in [6, 6.07) is 25.1. The highest BCUT2D eigenvalue weighted by molar-refractivity contribution is 5.83. The van der Waals surface area contributed by atoms with Gasteiger partial charge in [-0.15, -0.1) is 0 Å². The van der Waals surface area contributed by atoms with E-state index in [0.29, 0.717) is 19.6 Å². The number of unbranched alkanes of at least 4 members (excludes halogenated alkanes) is 1. The van der Waals surface area contributed by atoms with E-state index in [0.717, 1.165) is 37.0 Å². The van der Waals surface area contributed by atoms with Gasteiger partial charge < -0.3 is 14.6 Å². The SMILES string of the molecule is CCOC(Cc1ccc(OCCCC=C2c3ccccc3CCc3ccccc32)cc1)C(=O)O. The van der Waals surface area contributed by atoms with E-state index in [2.05, 4.69) is 54.6 Å². The zero-order valence-electron chi connectivity index (χ0n) is 19.7. The molecule has 3 aromatic carbocycles. The Morgan fingerprint density at radius 2 is 1.56 bits per heavy atom. The molecule has 176 valence electrons. The fourth-order valence-corrected chi connectivity index (χ4v) is 4.51. The molecule has 4 heteroatoms. The second-order valence-corrected chi connectivity index (χ2v) is 8.55. The second-order valence-electron chi connectivity index (χ2n) is 8.55. The Kier molecular flexibility index (Phi) is 8.16. The van der Waals surface area contributed by atoms with Gasteiger partial charge in [-0.3, -0.25) is 0 Å². The monoisotopic (exact) mass is 456 g/mol. The van der Waals surface area contributed by atoms with Gasteiger partial charge in [-0.05, 0) is 78.1 Å². The lowest BCUT2D eigenvalue weighted by Crippen LogP contribution is -2.26. The highest BCUT2D eigenvalue weighted by Crippen LogP contribution is 2.33. The first-order valence-corrected chi connectivity index (χ1v) is 12.1. The summed E-state index contributed by atoms with van der Waals surface area (Å²) in [7, 11) is 0. The van der Waals surface area contributed by atoms with E-state index >= 15 is 0 Å². The summed E-state index contributed by atoms with van der Waals surface area (Å²) in [4.78, 5) is 11.3. The van der Waals surface area contributed by atoms with Crippen molar-refractivity contribution < 1.29 is 19.4 Å². The third-order valence-electron chi connectivity index (χ3n) is 6.23. The summed E-state index contributed by atoms with van der Waals surface area (Å²) in [5.74, 6) is -0.139. The van der Waals surface area contributed by atoms with E-state index in [1.807, 2.05) is 24.3 Å². The number of carbonyl (C=O) groups is 1. The van der Waals surface area contributed by atoms with E-state index in [9.17, 15) is 9.90 Å². The maximum Gasteiger partial charge on any atom is 0.333 e. The Morgan fingerprint density at radius 1 is 0.941 bits per heavy atom. The molecule has 4 rings (SSSR count). The number of aryl methyl sites for hydroxylation is 2. The van der Waals surface area contributed by atoms with Gasteiger partial charge in [0.1, 0.15) is 5.75 Å². The summed E-state index contributed by atoms with van der Waals surface area (Å²) >= 11 is 0. The number of hydrogen-bond donors (Lipinski definition) is 1. The van der Waals surface area contributed by atoms with Crippen LogP contribution in [0.3, 0.4) is 0 Å². The second kappa shape index (κ2) is 11.7. The van der Waals surface area contributed by atoms with Crippen LogP contribution in [0.15, 0.2) is 78.9 Å². The van der Waals surface area contributed by atoms with E-state index in [1.54, 1.807) is 6.92 Å². The molecule has 0 bridgehead atoms. The Balaban J connectivity index is 1.35. The van der Waals surface area contributed by atoms with Crippen molar-refractivity contribution in [3.63, 3.8) is 0 Å². The standard InChI is InChI=1S/C30H32O4/c1-2-33-29(30(31)32)21-22-14-18-25(19-15-22)34-20-8-7-13-28-26-11-5-3-9-23(26)16-17-24-10-4-6-12-27(24)28/h3-6,9-15,18-19,29H,2,7-8,16-17,20-21H2,1H3,(H,31,32). The summed E-state index contributed by atoms with van der Waals surface area (Å²) in [6.07, 6.45) is 5.88. The van der Waals surface area contributed by atoms with Gasteiger partial charge in [-0.1, -0.05) is 66.7 Å². The molecule has 1 N–H and O–H groups in total. The Morgan fingerprint density at radius 3 is 2.15 bits per heavy atom. The van der Waals surface area contributed by atoms with Crippen molar-refractivity contribution in [2.24, 2.45) is 0 Å². The van der Waals surface area contributed by atoms with Crippen LogP contribution in [-0.2, 0) is 28.8 Å². The molecule has 0 fully saturated rings. The van der Waals surface area contributed by atoms with Crippen molar-refractivity contribution >= 4 is 11.5 Å². The number of allylic oxidation sites excluding steroid dienone is 1. The first kappa shape index (κ1) is 23.8. The van der Waals surface area contributed by atoms with Gasteiger partial charge in [-0.2, -0.15) is 0 Å². The van der Waals surface area contributed by atoms with Gasteiger partial charge >= 0.3 is 5.97 Å². The molecule has 0 amide bonds. The van der Waals surface area contributed by atoms with Gasteiger partial charge in [0.15, 0.2) is 6.10 Å². The van der Waals surface area contributed by atoms with Crippen LogP contribution >= 0.6 is 0 Å². The van der Waals surface area contributed by atoms with Gasteiger partial charge in [0.05, 0.1) is 6.61 Å². The molecular weight excluding hydrogens is 424 g/mol. The maximum atomic E-state index is 11.3. The normalized spacial score (nSPS) is 13.4. The number of fused-ring (bicyclic) bond motifs is 2. The molecule has 0 radical (unpaired) electrons. The van der Waals surface area contributed by atoms with Crippen LogP contribution in [0.25, 0.3) is 5.57 Å². The highest BCUT2D eigenvalue weighted by atomic mass is 16.5. The summed E-state index contributed by atoms with van der Waals surface area (Å²) < 4.78 is 11.2. The number of hydrogen-bond acceptors (Lipinski definition) is 3. The molecule has 0 spiro atoms. The Bertz CT molecular complexity index is 1080. The molecule has 1 unspecified atom stereocenters. The lowest BCUT2D eigenvalue weighted by atomic mass is 9.93. The molecular formula is C30H32O4. The van der Waals surface area contributed by atoms with Crippen LogP contribution in [0.4, 0.5) is 0 Å². The van der Waals surface area contributed by atoms with Crippen LogP contribution < -0.4 is 4.74 Å². The lowest BCUT2D eigenvalue weighted by molar-refractivity contribution is -0.149. The predicted octanol–water partition coefficient (Wildman–Crippen LogP) is 6.11. The van der Waals surface area contributed by atoms with Crippen LogP contribution in [0.1, 0.15) is 47.6 Å². The zero-order chi connectivity index (χ0) is 23.8. The molecule has 1 atom stereocenters. The first-order chi connectivity index (χ1) is 16.7. The van der Waals surface area contributed by atoms with E-state index in [-0.39, 0.29) is 0 Å². The number of benzene rings is 3. The van der Waals surface area contributed by atoms with Gasteiger partial charge in [-0.25, -0.2) is 4.79 Å². The molecule has 0 aliphatic heterocycles. The van der Waals surface area contributed by atoms with Crippen LogP contribution in [0, 0.1) is 0 Å². The number of carboxylic acids is 1. The summed E-state index contributed by atoms with van der Waals surface area (Å²) in [5.41, 5.74) is 7.76. The molecule has 1 aliphatic carbocycles. The van der Waals surface area contributed by atoms with E-state index in [4.69, 9.17) is 9.47 Å². The molecule has 34 heavy (non-hydrogen) atoms. The largest absolute Gasteiger partial charge is 0.494 e. The average molecular weight is 457 g/mol. The van der Waals surface area contributed by atoms with Crippen LogP contribution in [0.5, 0.6) is 5.75 Å². The molecule has 0 aromatic heterocycles. The van der Waals surface area contributed by atoms with Gasteiger partial charge in [0.2, 0.25) is 0 Å². The molecule has 0 saturated carbocycles. The number of carboxylic acid groups (broad SMARTS) is 1. The van der Waals surface area contributed by atoms with Crippen molar-refractivity contribution in [1.82, 2.24) is 0 Å². The van der Waals surface area contributed by atoms with E-state index < -0.39 is 12.1 Å². The third-order valence-corrected chi connectivity index (χ3v) is 6.23. The molecule has 3 aromatic rings.